The number of nitrogens with one attached hydrogen (secondary N) is 1. The molecule has 1 heterocycles. The zero-order valence-electron chi connectivity index (χ0n) is 9.08. The molecule has 2 nitrogen and oxygen atoms in total. The lowest BCUT2D eigenvalue weighted by molar-refractivity contribution is 0.0339. The molecule has 0 radical (unpaired) electrons. The highest BCUT2D eigenvalue weighted by Crippen LogP contribution is 2.32. The molecule has 1 aromatic carbocycles. The number of halogens is 1. The highest BCUT2D eigenvalue weighted by Gasteiger charge is 2.29. The fourth-order valence-corrected chi connectivity index (χ4v) is 3.53. The van der Waals surface area contributed by atoms with Gasteiger partial charge in [0.05, 0.1) is 5.60 Å². The van der Waals surface area contributed by atoms with Gasteiger partial charge in [-0.3, -0.25) is 0 Å². The Kier molecular flexibility index (Phi) is 4.30. The SMILES string of the molecule is OC1(CSc2ccccc2Br)CCNCC1. The highest BCUT2D eigenvalue weighted by atomic mass is 79.9. The van der Waals surface area contributed by atoms with E-state index in [0.29, 0.717) is 0 Å². The Bertz CT molecular complexity index is 353. The molecule has 0 aromatic heterocycles. The summed E-state index contributed by atoms with van der Waals surface area (Å²) in [6, 6.07) is 8.15. The number of hydrogen-bond donors (Lipinski definition) is 2. The Hall–Kier alpha value is -0.0300. The van der Waals surface area contributed by atoms with Gasteiger partial charge in [-0.2, -0.15) is 0 Å². The summed E-state index contributed by atoms with van der Waals surface area (Å²) in [6.45, 7) is 1.85. The maximum absolute atomic E-state index is 10.3. The van der Waals surface area contributed by atoms with Gasteiger partial charge in [0.2, 0.25) is 0 Å². The Morgan fingerprint density at radius 1 is 1.31 bits per heavy atom. The van der Waals surface area contributed by atoms with Crippen LogP contribution >= 0.6 is 27.7 Å². The van der Waals surface area contributed by atoms with Crippen molar-refractivity contribution in [1.82, 2.24) is 5.32 Å². The van der Waals surface area contributed by atoms with Crippen molar-refractivity contribution >= 4 is 27.7 Å². The number of aliphatic hydroxyl groups is 1. The molecule has 16 heavy (non-hydrogen) atoms. The molecule has 0 saturated carbocycles. The quantitative estimate of drug-likeness (QED) is 0.842. The van der Waals surface area contributed by atoms with E-state index in [-0.39, 0.29) is 0 Å². The van der Waals surface area contributed by atoms with E-state index in [1.165, 1.54) is 4.90 Å². The second-order valence-corrected chi connectivity index (χ2v) is 6.06. The topological polar surface area (TPSA) is 32.3 Å². The van der Waals surface area contributed by atoms with E-state index in [0.717, 1.165) is 36.2 Å². The van der Waals surface area contributed by atoms with Crippen LogP contribution in [-0.4, -0.2) is 29.5 Å². The number of benzene rings is 1. The van der Waals surface area contributed by atoms with Crippen LogP contribution in [0.2, 0.25) is 0 Å². The number of hydrogen-bond acceptors (Lipinski definition) is 3. The molecule has 2 N–H and O–H groups in total. The van der Waals surface area contributed by atoms with Crippen molar-refractivity contribution in [3.8, 4) is 0 Å². The summed E-state index contributed by atoms with van der Waals surface area (Å²) in [5, 5.41) is 13.6. The minimum absolute atomic E-state index is 0.495. The van der Waals surface area contributed by atoms with Gasteiger partial charge in [0.1, 0.15) is 0 Å². The second-order valence-electron chi connectivity index (χ2n) is 4.19. The summed E-state index contributed by atoms with van der Waals surface area (Å²) >= 11 is 5.25. The van der Waals surface area contributed by atoms with Gasteiger partial charge in [0.15, 0.2) is 0 Å². The van der Waals surface area contributed by atoms with Crippen LogP contribution in [0.5, 0.6) is 0 Å². The van der Waals surface area contributed by atoms with Crippen LogP contribution in [-0.2, 0) is 0 Å². The van der Waals surface area contributed by atoms with Crippen molar-refractivity contribution in [3.63, 3.8) is 0 Å². The summed E-state index contributed by atoms with van der Waals surface area (Å²) in [6.07, 6.45) is 1.70. The molecule has 0 spiro atoms. The first-order valence-corrected chi connectivity index (χ1v) is 7.28. The van der Waals surface area contributed by atoms with Crippen LogP contribution in [0, 0.1) is 0 Å². The van der Waals surface area contributed by atoms with Gasteiger partial charge >= 0.3 is 0 Å². The van der Waals surface area contributed by atoms with Gasteiger partial charge in [-0.05, 0) is 54.0 Å². The minimum Gasteiger partial charge on any atom is -0.389 e. The van der Waals surface area contributed by atoms with Crippen molar-refractivity contribution < 1.29 is 5.11 Å². The lowest BCUT2D eigenvalue weighted by Gasteiger charge is -2.32. The molecule has 0 amide bonds. The molecule has 0 unspecified atom stereocenters. The molecular formula is C12H16BrNOS. The zero-order valence-corrected chi connectivity index (χ0v) is 11.5. The standard InChI is InChI=1S/C12H16BrNOS/c13-10-3-1-2-4-11(10)16-9-12(15)5-7-14-8-6-12/h1-4,14-15H,5-9H2. The molecular weight excluding hydrogens is 286 g/mol. The first-order valence-electron chi connectivity index (χ1n) is 5.50. The lowest BCUT2D eigenvalue weighted by Crippen LogP contribution is -2.43. The highest BCUT2D eigenvalue weighted by molar-refractivity contribution is 9.10. The van der Waals surface area contributed by atoms with E-state index >= 15 is 0 Å². The van der Waals surface area contributed by atoms with Gasteiger partial charge in [0, 0.05) is 15.1 Å². The molecule has 2 rings (SSSR count). The van der Waals surface area contributed by atoms with Crippen molar-refractivity contribution in [2.24, 2.45) is 0 Å². The van der Waals surface area contributed by atoms with E-state index in [9.17, 15) is 5.11 Å². The molecule has 1 fully saturated rings. The summed E-state index contributed by atoms with van der Waals surface area (Å²) in [7, 11) is 0. The van der Waals surface area contributed by atoms with Gasteiger partial charge in [-0.25, -0.2) is 0 Å². The molecule has 0 atom stereocenters. The summed E-state index contributed by atoms with van der Waals surface area (Å²) in [5.74, 6) is 0.775. The maximum atomic E-state index is 10.3. The Labute approximate surface area is 109 Å². The third kappa shape index (κ3) is 3.23. The van der Waals surface area contributed by atoms with Gasteiger partial charge < -0.3 is 10.4 Å². The van der Waals surface area contributed by atoms with Crippen LogP contribution in [0.15, 0.2) is 33.6 Å². The summed E-state index contributed by atoms with van der Waals surface area (Å²) in [4.78, 5) is 1.20. The van der Waals surface area contributed by atoms with Crippen molar-refractivity contribution in [2.75, 3.05) is 18.8 Å². The van der Waals surface area contributed by atoms with Gasteiger partial charge in [-0.1, -0.05) is 12.1 Å². The molecule has 88 valence electrons. The second kappa shape index (κ2) is 5.54. The number of piperidine rings is 1. The first kappa shape index (κ1) is 12.4. The first-order chi connectivity index (χ1) is 7.70. The zero-order chi connectivity index (χ0) is 11.4. The Morgan fingerprint density at radius 2 is 2.00 bits per heavy atom. The predicted molar refractivity (Wildman–Crippen MR) is 71.9 cm³/mol. The fraction of sp³-hybridized carbons (Fsp3) is 0.500. The largest absolute Gasteiger partial charge is 0.389 e. The van der Waals surface area contributed by atoms with Crippen LogP contribution in [0.25, 0.3) is 0 Å². The predicted octanol–water partition coefficient (Wildman–Crippen LogP) is 2.66. The maximum Gasteiger partial charge on any atom is 0.0765 e. The van der Waals surface area contributed by atoms with E-state index in [2.05, 4.69) is 27.3 Å². The molecule has 1 saturated heterocycles. The molecule has 0 bridgehead atoms. The van der Waals surface area contributed by atoms with E-state index in [4.69, 9.17) is 0 Å². The molecule has 1 aliphatic heterocycles. The normalized spacial score (nSPS) is 19.6. The minimum atomic E-state index is -0.495. The van der Waals surface area contributed by atoms with E-state index in [1.807, 2.05) is 18.2 Å². The van der Waals surface area contributed by atoms with Crippen LogP contribution in [0.4, 0.5) is 0 Å². The van der Waals surface area contributed by atoms with E-state index in [1.54, 1.807) is 11.8 Å². The van der Waals surface area contributed by atoms with Crippen LogP contribution < -0.4 is 5.32 Å². The molecule has 4 heteroatoms. The van der Waals surface area contributed by atoms with Crippen molar-refractivity contribution in [1.29, 1.82) is 0 Å². The summed E-state index contributed by atoms with van der Waals surface area (Å²) in [5.41, 5.74) is -0.495. The lowest BCUT2D eigenvalue weighted by atomic mass is 9.95. The Morgan fingerprint density at radius 3 is 2.69 bits per heavy atom. The van der Waals surface area contributed by atoms with E-state index < -0.39 is 5.60 Å². The molecule has 0 aliphatic carbocycles. The third-order valence-corrected chi connectivity index (χ3v) is 5.17. The van der Waals surface area contributed by atoms with Gasteiger partial charge in [0.25, 0.3) is 0 Å². The molecule has 1 aliphatic rings. The fourth-order valence-electron chi connectivity index (χ4n) is 1.81. The Balaban J connectivity index is 1.94. The van der Waals surface area contributed by atoms with Gasteiger partial charge in [-0.15, -0.1) is 11.8 Å². The van der Waals surface area contributed by atoms with Crippen LogP contribution in [0.1, 0.15) is 12.8 Å². The molecule has 1 aromatic rings. The third-order valence-electron chi connectivity index (χ3n) is 2.87. The smallest absolute Gasteiger partial charge is 0.0765 e. The monoisotopic (exact) mass is 301 g/mol. The average Bonchev–Trinajstić information content (AvgIpc) is 2.29. The van der Waals surface area contributed by atoms with Crippen molar-refractivity contribution in [3.05, 3.63) is 28.7 Å². The number of thioether (sulfide) groups is 1. The number of rotatable bonds is 3. The average molecular weight is 302 g/mol. The summed E-state index contributed by atoms with van der Waals surface area (Å²) < 4.78 is 1.11. The van der Waals surface area contributed by atoms with Crippen LogP contribution in [0.3, 0.4) is 0 Å². The van der Waals surface area contributed by atoms with Crippen molar-refractivity contribution in [2.45, 2.75) is 23.3 Å².